The zero-order valence-corrected chi connectivity index (χ0v) is 34.7. The third-order valence-electron chi connectivity index (χ3n) is 12.4. The molecule has 5 aliphatic heterocycles. The molecule has 5 heterocycles. The van der Waals surface area contributed by atoms with Crippen LogP contribution in [0.3, 0.4) is 0 Å². The number of methoxy groups -OCH3 is 1. The van der Waals surface area contributed by atoms with Gasteiger partial charge in [-0.25, -0.2) is 0 Å². The molecule has 0 bridgehead atoms. The molecule has 3 saturated heterocycles. The quantitative estimate of drug-likeness (QED) is 0.216. The maximum atomic E-state index is 14.1. The largest absolute Gasteiger partial charge is 0.493 e. The summed E-state index contributed by atoms with van der Waals surface area (Å²) >= 11 is 6.66. The predicted octanol–water partition coefficient (Wildman–Crippen LogP) is 6.14. The monoisotopic (exact) mass is 814 g/mol. The number of ether oxygens (including phenoxy) is 5. The first-order valence-electron chi connectivity index (χ1n) is 20.7. The van der Waals surface area contributed by atoms with Crippen LogP contribution >= 0.6 is 11.6 Å². The first-order valence-corrected chi connectivity index (χ1v) is 21.0. The Morgan fingerprint density at radius 2 is 1.36 bits per heavy atom. The summed E-state index contributed by atoms with van der Waals surface area (Å²) in [6, 6.07) is 12.5. The average Bonchev–Trinajstić information content (AvgIpc) is 3.87. The molecule has 0 spiro atoms. The number of fused-ring (bicyclic) bond motifs is 4. The van der Waals surface area contributed by atoms with Crippen LogP contribution in [-0.4, -0.2) is 103 Å². The van der Waals surface area contributed by atoms with Gasteiger partial charge in [-0.2, -0.15) is 0 Å². The Morgan fingerprint density at radius 3 is 2.00 bits per heavy atom. The van der Waals surface area contributed by atoms with E-state index >= 15 is 0 Å². The first-order chi connectivity index (χ1) is 27.9. The number of halogens is 1. The molecule has 0 aliphatic carbocycles. The third-order valence-corrected chi connectivity index (χ3v) is 12.6. The second-order valence-electron chi connectivity index (χ2n) is 16.3. The number of rotatable bonds is 11. The minimum absolute atomic E-state index is 0.00352. The van der Waals surface area contributed by atoms with Crippen molar-refractivity contribution in [1.82, 2.24) is 9.80 Å². The lowest BCUT2D eigenvalue weighted by Crippen LogP contribution is -2.56. The van der Waals surface area contributed by atoms with E-state index in [1.165, 1.54) is 0 Å². The van der Waals surface area contributed by atoms with Crippen LogP contribution in [0.2, 0.25) is 18.7 Å². The summed E-state index contributed by atoms with van der Waals surface area (Å²) in [5.74, 6) is 1.25. The van der Waals surface area contributed by atoms with E-state index < -0.39 is 26.6 Å². The highest BCUT2D eigenvalue weighted by Crippen LogP contribution is 2.43. The number of nitrogens with zero attached hydrogens (tertiary/aromatic N) is 4. The summed E-state index contributed by atoms with van der Waals surface area (Å²) in [7, 11) is -0.247. The second-order valence-corrected chi connectivity index (χ2v) is 16.7. The van der Waals surface area contributed by atoms with Gasteiger partial charge in [0.05, 0.1) is 30.3 Å². The van der Waals surface area contributed by atoms with Crippen molar-refractivity contribution in [1.29, 1.82) is 0 Å². The molecule has 3 aromatic rings. The van der Waals surface area contributed by atoms with Gasteiger partial charge < -0.3 is 53.2 Å². The minimum Gasteiger partial charge on any atom is -0.493 e. The lowest BCUT2D eigenvalue weighted by Gasteiger charge is -2.40. The molecule has 58 heavy (non-hydrogen) atoms. The van der Waals surface area contributed by atoms with Gasteiger partial charge in [0.15, 0.2) is 17.8 Å². The van der Waals surface area contributed by atoms with Gasteiger partial charge in [0.1, 0.15) is 25.2 Å². The topological polar surface area (TPSA) is 134 Å². The Kier molecular flexibility index (Phi) is 11.8. The summed E-state index contributed by atoms with van der Waals surface area (Å²) in [5, 5.41) is 22.7. The Labute approximate surface area is 346 Å². The van der Waals surface area contributed by atoms with Crippen molar-refractivity contribution >= 4 is 48.9 Å². The Bertz CT molecular complexity index is 2030. The molecule has 5 aliphatic rings. The minimum atomic E-state index is -0.957. The Balaban J connectivity index is 1.03. The second kappa shape index (κ2) is 16.8. The zero-order chi connectivity index (χ0) is 40.8. The summed E-state index contributed by atoms with van der Waals surface area (Å²) < 4.78 is 31.2. The standard InChI is InChI=1S/C42H53B2ClN4O9/c1-25-16-30-35(49(44(4)53)42(58-39-12-6-7-15-55-39)33-11-9-14-47(33)40(30)50)21-36(25)56-23-27-17-28(19-29(45)18-27)24-57-38-22-34-31(20-37(38)54-5)41(51)46-13-8-10-32(46)26(2)48(34)43(3)52/h16-22,26,32-33,39,42,52-53H,6-15,23-24H2,1-5H3/t26-,32-,33-,39?,42-/m0/s1. The number of amides is 2. The van der Waals surface area contributed by atoms with Gasteiger partial charge in [0, 0.05) is 54.3 Å². The lowest BCUT2D eigenvalue weighted by atomic mass is 9.80. The van der Waals surface area contributed by atoms with Crippen molar-refractivity contribution in [2.24, 2.45) is 0 Å². The van der Waals surface area contributed by atoms with E-state index in [9.17, 15) is 19.6 Å². The molecule has 2 amide bonds. The highest BCUT2D eigenvalue weighted by Gasteiger charge is 2.47. The summed E-state index contributed by atoms with van der Waals surface area (Å²) in [6.45, 7) is 9.61. The fourth-order valence-corrected chi connectivity index (χ4v) is 9.92. The predicted molar refractivity (Wildman–Crippen MR) is 223 cm³/mol. The summed E-state index contributed by atoms with van der Waals surface area (Å²) in [6.07, 6.45) is 5.15. The van der Waals surface area contributed by atoms with Crippen LogP contribution in [0.1, 0.15) is 89.3 Å². The number of hydrogen-bond donors (Lipinski definition) is 2. The van der Waals surface area contributed by atoms with Gasteiger partial charge in [0.2, 0.25) is 0 Å². The van der Waals surface area contributed by atoms with Crippen molar-refractivity contribution in [2.75, 3.05) is 36.4 Å². The van der Waals surface area contributed by atoms with Gasteiger partial charge in [-0.05, 0) is 119 Å². The number of aryl methyl sites for hydroxylation is 1. The van der Waals surface area contributed by atoms with Gasteiger partial charge >= 0.3 is 14.1 Å². The van der Waals surface area contributed by atoms with Crippen LogP contribution < -0.4 is 23.8 Å². The van der Waals surface area contributed by atoms with E-state index in [4.69, 9.17) is 35.3 Å². The third kappa shape index (κ3) is 7.72. The zero-order valence-electron chi connectivity index (χ0n) is 34.0. The number of benzene rings is 3. The van der Waals surface area contributed by atoms with Crippen LogP contribution in [0, 0.1) is 6.92 Å². The number of carbonyl (C=O) groups is 2. The summed E-state index contributed by atoms with van der Waals surface area (Å²) in [5.41, 5.74) is 4.49. The van der Waals surface area contributed by atoms with Gasteiger partial charge in [-0.15, -0.1) is 0 Å². The lowest BCUT2D eigenvalue weighted by molar-refractivity contribution is -0.194. The molecule has 0 radical (unpaired) electrons. The Morgan fingerprint density at radius 1 is 0.759 bits per heavy atom. The van der Waals surface area contributed by atoms with Crippen molar-refractivity contribution in [3.05, 3.63) is 75.3 Å². The maximum Gasteiger partial charge on any atom is 0.411 e. The molecule has 2 N–H and O–H groups in total. The fraction of sp³-hybridized carbons (Fsp3) is 0.524. The van der Waals surface area contributed by atoms with Crippen LogP contribution in [0.5, 0.6) is 17.2 Å². The van der Waals surface area contributed by atoms with Gasteiger partial charge in [0.25, 0.3) is 11.8 Å². The number of hydrogen-bond acceptors (Lipinski definition) is 11. The normalized spacial score (nSPS) is 24.1. The van der Waals surface area contributed by atoms with E-state index in [1.54, 1.807) is 37.7 Å². The maximum absolute atomic E-state index is 14.1. The first kappa shape index (κ1) is 40.6. The molecule has 0 aromatic heterocycles. The van der Waals surface area contributed by atoms with E-state index in [1.807, 2.05) is 51.9 Å². The molecule has 3 fully saturated rings. The molecule has 308 valence electrons. The SMILES string of the molecule is COc1cc2c(cc1OCc1cc(Cl)cc(COc3cc4c(cc3C)C(=O)N3CCC[C@H]3[C@H](OC3CCCCO3)N4B(C)O)c1)N(B(C)O)[C@@H](C)[C@@H]1CCCN1C2=O. The van der Waals surface area contributed by atoms with Crippen LogP contribution in [0.15, 0.2) is 42.5 Å². The molecule has 8 rings (SSSR count). The van der Waals surface area contributed by atoms with Crippen LogP contribution in [-0.2, 0) is 22.7 Å². The molecule has 16 heteroatoms. The molecule has 0 saturated carbocycles. The molecule has 3 aromatic carbocycles. The van der Waals surface area contributed by atoms with Gasteiger partial charge in [-0.1, -0.05) is 11.6 Å². The molecule has 5 atom stereocenters. The Hall–Kier alpha value is -4.14. The van der Waals surface area contributed by atoms with E-state index in [0.717, 1.165) is 61.6 Å². The summed E-state index contributed by atoms with van der Waals surface area (Å²) in [4.78, 5) is 35.4. The molecular weight excluding hydrogens is 762 g/mol. The molecular formula is C42H53B2ClN4O9. The van der Waals surface area contributed by atoms with E-state index in [0.29, 0.717) is 64.5 Å². The van der Waals surface area contributed by atoms with E-state index in [-0.39, 0.29) is 43.2 Å². The molecule has 1 unspecified atom stereocenters. The fourth-order valence-electron chi connectivity index (χ4n) is 9.64. The highest BCUT2D eigenvalue weighted by atomic mass is 35.5. The van der Waals surface area contributed by atoms with Crippen LogP contribution in [0.25, 0.3) is 0 Å². The van der Waals surface area contributed by atoms with Gasteiger partial charge in [-0.3, -0.25) is 9.59 Å². The number of anilines is 2. The van der Waals surface area contributed by atoms with Crippen molar-refractivity contribution < 1.29 is 43.3 Å². The number of carbonyl (C=O) groups excluding carboxylic acids is 2. The van der Waals surface area contributed by atoms with Crippen molar-refractivity contribution in [2.45, 2.75) is 116 Å². The van der Waals surface area contributed by atoms with Crippen molar-refractivity contribution in [3.63, 3.8) is 0 Å². The smallest absolute Gasteiger partial charge is 0.411 e. The average molecular weight is 815 g/mol. The van der Waals surface area contributed by atoms with Crippen LogP contribution in [0.4, 0.5) is 11.4 Å². The van der Waals surface area contributed by atoms with E-state index in [2.05, 4.69) is 6.92 Å². The van der Waals surface area contributed by atoms with Crippen molar-refractivity contribution in [3.8, 4) is 17.2 Å². The molecule has 13 nitrogen and oxygen atoms in total. The highest BCUT2D eigenvalue weighted by molar-refractivity contribution is 6.54.